The molecule has 0 aliphatic rings. The van der Waals surface area contributed by atoms with Crippen molar-refractivity contribution in [2.24, 2.45) is 7.05 Å². The van der Waals surface area contributed by atoms with Gasteiger partial charge in [-0.1, -0.05) is 6.07 Å². The number of aromatic nitrogens is 2. The lowest BCUT2D eigenvalue weighted by Crippen LogP contribution is -2.20. The summed E-state index contributed by atoms with van der Waals surface area (Å²) in [5.41, 5.74) is 0.879. The summed E-state index contributed by atoms with van der Waals surface area (Å²) < 4.78 is 1.36. The molecule has 0 unspecified atom stereocenters. The minimum atomic E-state index is -0.253. The average Bonchev–Trinajstić information content (AvgIpc) is 2.54. The van der Waals surface area contributed by atoms with E-state index in [-0.39, 0.29) is 11.5 Å². The highest BCUT2D eigenvalue weighted by molar-refractivity contribution is 6.05. The number of benzene rings is 1. The van der Waals surface area contributed by atoms with Gasteiger partial charge in [-0.3, -0.25) is 19.4 Å². The van der Waals surface area contributed by atoms with Crippen molar-refractivity contribution >= 4 is 16.8 Å². The van der Waals surface area contributed by atoms with Crippen LogP contribution >= 0.6 is 0 Å². The summed E-state index contributed by atoms with van der Waals surface area (Å²) in [4.78, 5) is 23.2. The third-order valence-corrected chi connectivity index (χ3v) is 2.34. The number of carbonyl (C=O) groups excluding carboxylic acids is 1. The summed E-state index contributed by atoms with van der Waals surface area (Å²) in [5.74, 6) is -0.253. The monoisotopic (exact) mass is 205 g/mol. The van der Waals surface area contributed by atoms with E-state index in [2.05, 4.69) is 10.4 Å². The van der Waals surface area contributed by atoms with Gasteiger partial charge < -0.3 is 5.32 Å². The number of fused-ring (bicyclic) bond motifs is 1. The molecule has 5 heteroatoms. The smallest absolute Gasteiger partial charge is 0.274 e. The Morgan fingerprint density at radius 3 is 2.87 bits per heavy atom. The molecule has 15 heavy (non-hydrogen) atoms. The zero-order valence-corrected chi connectivity index (χ0v) is 8.50. The van der Waals surface area contributed by atoms with Crippen molar-refractivity contribution < 1.29 is 4.79 Å². The maximum absolute atomic E-state index is 11.7. The van der Waals surface area contributed by atoms with E-state index in [1.165, 1.54) is 11.7 Å². The number of aryl methyl sites for hydroxylation is 1. The van der Waals surface area contributed by atoms with Gasteiger partial charge in [0, 0.05) is 14.1 Å². The van der Waals surface area contributed by atoms with E-state index < -0.39 is 0 Å². The zero-order valence-electron chi connectivity index (χ0n) is 8.50. The first-order valence-electron chi connectivity index (χ1n) is 4.55. The van der Waals surface area contributed by atoms with Gasteiger partial charge in [0.15, 0.2) is 0 Å². The number of aromatic amines is 1. The molecule has 2 aromatic rings. The van der Waals surface area contributed by atoms with E-state index in [1.807, 2.05) is 0 Å². The second kappa shape index (κ2) is 3.27. The lowest BCUT2D eigenvalue weighted by Gasteiger charge is -1.99. The highest BCUT2D eigenvalue weighted by atomic mass is 16.2. The van der Waals surface area contributed by atoms with E-state index in [4.69, 9.17) is 0 Å². The molecule has 1 heterocycles. The number of hydrogen-bond acceptors (Lipinski definition) is 2. The molecule has 1 aromatic carbocycles. The van der Waals surface area contributed by atoms with Crippen LogP contribution in [0.1, 0.15) is 10.4 Å². The SMILES string of the molecule is CNC(=O)c1cccc2[nH]n(C)c(=O)c12. The highest BCUT2D eigenvalue weighted by Crippen LogP contribution is 2.12. The molecule has 0 aliphatic carbocycles. The van der Waals surface area contributed by atoms with E-state index in [1.54, 1.807) is 25.2 Å². The average molecular weight is 205 g/mol. The maximum atomic E-state index is 11.7. The summed E-state index contributed by atoms with van der Waals surface area (Å²) in [6.07, 6.45) is 0. The summed E-state index contributed by atoms with van der Waals surface area (Å²) in [5, 5.41) is 5.81. The quantitative estimate of drug-likeness (QED) is 0.699. The number of H-pyrrole nitrogens is 1. The van der Waals surface area contributed by atoms with Crippen LogP contribution in [0.2, 0.25) is 0 Å². The van der Waals surface area contributed by atoms with Crippen molar-refractivity contribution in [3.8, 4) is 0 Å². The molecule has 0 aliphatic heterocycles. The van der Waals surface area contributed by atoms with Crippen molar-refractivity contribution in [3.05, 3.63) is 34.1 Å². The molecule has 1 amide bonds. The Balaban J connectivity index is 2.86. The summed E-state index contributed by atoms with van der Waals surface area (Å²) in [7, 11) is 3.16. The fraction of sp³-hybridized carbons (Fsp3) is 0.200. The van der Waals surface area contributed by atoms with Crippen LogP contribution in [-0.2, 0) is 7.05 Å². The lowest BCUT2D eigenvalue weighted by molar-refractivity contribution is 0.0964. The topological polar surface area (TPSA) is 66.9 Å². The largest absolute Gasteiger partial charge is 0.355 e. The van der Waals surface area contributed by atoms with Crippen molar-refractivity contribution in [2.45, 2.75) is 0 Å². The molecule has 5 nitrogen and oxygen atoms in total. The first-order chi connectivity index (χ1) is 7.15. The molecule has 0 saturated heterocycles. The highest BCUT2D eigenvalue weighted by Gasteiger charge is 2.13. The van der Waals surface area contributed by atoms with E-state index >= 15 is 0 Å². The number of nitrogens with zero attached hydrogens (tertiary/aromatic N) is 1. The molecule has 2 N–H and O–H groups in total. The van der Waals surface area contributed by atoms with Gasteiger partial charge in [-0.25, -0.2) is 0 Å². The van der Waals surface area contributed by atoms with E-state index in [9.17, 15) is 9.59 Å². The number of nitrogens with one attached hydrogen (secondary N) is 2. The summed E-state index contributed by atoms with van der Waals surface area (Å²) in [6, 6.07) is 5.14. The first kappa shape index (κ1) is 9.51. The minimum Gasteiger partial charge on any atom is -0.355 e. The predicted octanol–water partition coefficient (Wildman–Crippen LogP) is 0.226. The Morgan fingerprint density at radius 1 is 1.47 bits per heavy atom. The predicted molar refractivity (Wildman–Crippen MR) is 56.9 cm³/mol. The normalized spacial score (nSPS) is 10.5. The molecule has 0 atom stereocenters. The summed E-state index contributed by atoms with van der Waals surface area (Å²) >= 11 is 0. The van der Waals surface area contributed by atoms with Crippen molar-refractivity contribution in [1.29, 1.82) is 0 Å². The molecule has 0 spiro atoms. The Kier molecular flexibility index (Phi) is 2.07. The Hall–Kier alpha value is -2.04. The molecule has 0 radical (unpaired) electrons. The maximum Gasteiger partial charge on any atom is 0.274 e. The van der Waals surface area contributed by atoms with Crippen LogP contribution in [0, 0.1) is 0 Å². The van der Waals surface area contributed by atoms with Crippen LogP contribution < -0.4 is 10.9 Å². The molecule has 1 aromatic heterocycles. The van der Waals surface area contributed by atoms with Gasteiger partial charge in [0.05, 0.1) is 16.5 Å². The third kappa shape index (κ3) is 1.32. The van der Waals surface area contributed by atoms with Gasteiger partial charge in [-0.2, -0.15) is 0 Å². The standard InChI is InChI=1S/C10H11N3O2/c1-11-9(14)6-4-3-5-7-8(6)10(15)13(2)12-7/h3-5,12H,1-2H3,(H,11,14). The number of hydrogen-bond donors (Lipinski definition) is 2. The Labute approximate surface area is 85.7 Å². The van der Waals surface area contributed by atoms with Crippen LogP contribution in [0.15, 0.2) is 23.0 Å². The number of amides is 1. The van der Waals surface area contributed by atoms with Crippen LogP contribution in [0.4, 0.5) is 0 Å². The van der Waals surface area contributed by atoms with Gasteiger partial charge in [-0.15, -0.1) is 0 Å². The second-order valence-electron chi connectivity index (χ2n) is 3.28. The lowest BCUT2D eigenvalue weighted by atomic mass is 10.1. The molecule has 0 fully saturated rings. The second-order valence-corrected chi connectivity index (χ2v) is 3.28. The summed E-state index contributed by atoms with van der Waals surface area (Å²) in [6.45, 7) is 0. The zero-order chi connectivity index (χ0) is 11.0. The van der Waals surface area contributed by atoms with Crippen molar-refractivity contribution in [1.82, 2.24) is 15.1 Å². The van der Waals surface area contributed by atoms with E-state index in [0.29, 0.717) is 16.5 Å². The molecule has 78 valence electrons. The Bertz CT molecular complexity index is 580. The van der Waals surface area contributed by atoms with Gasteiger partial charge in [0.2, 0.25) is 0 Å². The van der Waals surface area contributed by atoms with Crippen molar-refractivity contribution in [2.75, 3.05) is 7.05 Å². The van der Waals surface area contributed by atoms with Crippen LogP contribution in [0.5, 0.6) is 0 Å². The van der Waals surface area contributed by atoms with Gasteiger partial charge in [-0.05, 0) is 12.1 Å². The van der Waals surface area contributed by atoms with Crippen LogP contribution in [-0.4, -0.2) is 22.7 Å². The van der Waals surface area contributed by atoms with Gasteiger partial charge in [0.25, 0.3) is 11.5 Å². The molecule has 0 saturated carbocycles. The Morgan fingerprint density at radius 2 is 2.20 bits per heavy atom. The molecule has 0 bridgehead atoms. The third-order valence-electron chi connectivity index (χ3n) is 2.34. The molecular weight excluding hydrogens is 194 g/mol. The number of carbonyl (C=O) groups is 1. The van der Waals surface area contributed by atoms with Gasteiger partial charge in [0.1, 0.15) is 0 Å². The minimum absolute atomic E-state index is 0.191. The first-order valence-corrected chi connectivity index (χ1v) is 4.55. The fourth-order valence-corrected chi connectivity index (χ4v) is 1.60. The van der Waals surface area contributed by atoms with Crippen LogP contribution in [0.25, 0.3) is 10.9 Å². The van der Waals surface area contributed by atoms with E-state index in [0.717, 1.165) is 0 Å². The van der Waals surface area contributed by atoms with Crippen molar-refractivity contribution in [3.63, 3.8) is 0 Å². The fourth-order valence-electron chi connectivity index (χ4n) is 1.60. The number of rotatable bonds is 1. The van der Waals surface area contributed by atoms with Gasteiger partial charge >= 0.3 is 0 Å². The van der Waals surface area contributed by atoms with Crippen LogP contribution in [0.3, 0.4) is 0 Å². The molecule has 2 rings (SSSR count). The molecular formula is C10H11N3O2.